The van der Waals surface area contributed by atoms with E-state index in [-0.39, 0.29) is 0 Å². The number of pyridine rings is 1. The predicted molar refractivity (Wildman–Crippen MR) is 140 cm³/mol. The fourth-order valence-corrected chi connectivity index (χ4v) is 5.45. The molecule has 0 spiro atoms. The number of anilines is 1. The Labute approximate surface area is 206 Å². The number of methoxy groups -OCH3 is 1. The first kappa shape index (κ1) is 23.6. The Kier molecular flexibility index (Phi) is 6.40. The Morgan fingerprint density at radius 3 is 2.57 bits per heavy atom. The van der Waals surface area contributed by atoms with E-state index in [1.54, 1.807) is 7.11 Å². The molecule has 0 saturated carbocycles. The molecule has 8 heteroatoms. The molecule has 1 aliphatic rings. The average Bonchev–Trinajstić information content (AvgIpc) is 3.37. The van der Waals surface area contributed by atoms with Crippen LogP contribution in [-0.4, -0.2) is 57.4 Å². The van der Waals surface area contributed by atoms with E-state index < -0.39 is 0 Å². The predicted octanol–water partition coefficient (Wildman–Crippen LogP) is 5.42. The van der Waals surface area contributed by atoms with Gasteiger partial charge in [0.25, 0.3) is 0 Å². The van der Waals surface area contributed by atoms with Crippen LogP contribution in [0.15, 0.2) is 22.9 Å². The summed E-state index contributed by atoms with van der Waals surface area (Å²) in [5, 5.41) is 8.67. The van der Waals surface area contributed by atoms with Crippen molar-refractivity contribution in [3.63, 3.8) is 0 Å². The smallest absolute Gasteiger partial charge is 0.203 e. The molecule has 35 heavy (non-hydrogen) atoms. The van der Waals surface area contributed by atoms with E-state index in [9.17, 15) is 0 Å². The minimum atomic E-state index is 0.608. The Morgan fingerprint density at radius 1 is 1.17 bits per heavy atom. The van der Waals surface area contributed by atoms with Gasteiger partial charge in [0.15, 0.2) is 0 Å². The van der Waals surface area contributed by atoms with Gasteiger partial charge in [-0.1, -0.05) is 5.16 Å². The number of piperidine rings is 1. The van der Waals surface area contributed by atoms with Crippen LogP contribution in [0, 0.1) is 19.8 Å². The molecule has 0 radical (unpaired) electrons. The molecule has 4 aromatic rings. The highest BCUT2D eigenvalue weighted by molar-refractivity contribution is 6.05. The van der Waals surface area contributed by atoms with Crippen LogP contribution in [0.25, 0.3) is 33.1 Å². The summed E-state index contributed by atoms with van der Waals surface area (Å²) >= 11 is 0. The van der Waals surface area contributed by atoms with Gasteiger partial charge in [-0.15, -0.1) is 0 Å². The molecule has 0 aliphatic carbocycles. The van der Waals surface area contributed by atoms with E-state index in [1.165, 1.54) is 12.8 Å². The molecule has 8 nitrogen and oxygen atoms in total. The van der Waals surface area contributed by atoms with Crippen LogP contribution in [0.5, 0.6) is 5.75 Å². The average molecular weight is 477 g/mol. The summed E-state index contributed by atoms with van der Waals surface area (Å²) in [5.41, 5.74) is 5.67. The molecular weight excluding hydrogens is 440 g/mol. The highest BCUT2D eigenvalue weighted by atomic mass is 16.5. The number of nitrogens with one attached hydrogen (secondary N) is 1. The quantitative estimate of drug-likeness (QED) is 0.381. The van der Waals surface area contributed by atoms with Crippen molar-refractivity contribution < 1.29 is 9.26 Å². The van der Waals surface area contributed by atoms with Crippen LogP contribution >= 0.6 is 0 Å². The molecule has 1 N–H and O–H groups in total. The van der Waals surface area contributed by atoms with Crippen molar-refractivity contribution in [1.29, 1.82) is 0 Å². The van der Waals surface area contributed by atoms with Gasteiger partial charge in [0.2, 0.25) is 5.95 Å². The molecule has 1 aromatic carbocycles. The zero-order valence-corrected chi connectivity index (χ0v) is 21.7. The fourth-order valence-electron chi connectivity index (χ4n) is 5.45. The highest BCUT2D eigenvalue weighted by Crippen LogP contribution is 2.39. The summed E-state index contributed by atoms with van der Waals surface area (Å²) in [6.45, 7) is 14.6. The molecule has 1 saturated heterocycles. The molecular formula is C27H36N6O2. The lowest BCUT2D eigenvalue weighted by Crippen LogP contribution is -2.39. The van der Waals surface area contributed by atoms with Crippen LogP contribution < -0.4 is 10.1 Å². The standard InChI is InChI=1S/C27H36N6O2/c1-7-28-27-30-23-14-29-22-12-21(25-17(4)31-35-18(25)5)24(34-6)13-20(22)26(23)33(27)15-19-8-10-32(11-9-19)16(2)3/h12-14,16,19H,7-11,15H2,1-6H3,(H,28,30). The maximum atomic E-state index is 5.87. The van der Waals surface area contributed by atoms with Crippen molar-refractivity contribution in [2.45, 2.75) is 60.0 Å². The second-order valence-corrected chi connectivity index (χ2v) is 9.91. The maximum Gasteiger partial charge on any atom is 0.203 e. The van der Waals surface area contributed by atoms with Gasteiger partial charge in [-0.2, -0.15) is 0 Å². The van der Waals surface area contributed by atoms with Gasteiger partial charge in [-0.3, -0.25) is 4.98 Å². The Morgan fingerprint density at radius 2 is 1.94 bits per heavy atom. The summed E-state index contributed by atoms with van der Waals surface area (Å²) in [6, 6.07) is 4.80. The van der Waals surface area contributed by atoms with Gasteiger partial charge >= 0.3 is 0 Å². The van der Waals surface area contributed by atoms with Crippen molar-refractivity contribution in [2.75, 3.05) is 32.1 Å². The Bertz CT molecular complexity index is 1330. The third kappa shape index (κ3) is 4.24. The van der Waals surface area contributed by atoms with Gasteiger partial charge in [-0.05, 0) is 78.6 Å². The molecule has 0 unspecified atom stereocenters. The van der Waals surface area contributed by atoms with Crippen molar-refractivity contribution in [3.8, 4) is 16.9 Å². The number of ether oxygens (including phenoxy) is 1. The Hall–Kier alpha value is -3.13. The van der Waals surface area contributed by atoms with Crippen molar-refractivity contribution >= 4 is 27.9 Å². The largest absolute Gasteiger partial charge is 0.496 e. The van der Waals surface area contributed by atoms with Crippen LogP contribution in [0.2, 0.25) is 0 Å². The minimum Gasteiger partial charge on any atom is -0.496 e. The maximum absolute atomic E-state index is 5.87. The molecule has 3 aromatic heterocycles. The summed E-state index contributed by atoms with van der Waals surface area (Å²) in [5.74, 6) is 3.08. The first-order valence-corrected chi connectivity index (χ1v) is 12.7. The van der Waals surface area contributed by atoms with E-state index in [0.717, 1.165) is 82.4 Å². The number of hydrogen-bond donors (Lipinski definition) is 1. The summed E-state index contributed by atoms with van der Waals surface area (Å²) in [6.07, 6.45) is 4.29. The topological polar surface area (TPSA) is 81.2 Å². The number of fused-ring (bicyclic) bond motifs is 3. The highest BCUT2D eigenvalue weighted by Gasteiger charge is 2.25. The fraction of sp³-hybridized carbons (Fsp3) is 0.519. The molecule has 1 aliphatic heterocycles. The number of rotatable bonds is 7. The molecule has 4 heterocycles. The SMILES string of the molecule is CCNc1nc2cnc3cc(-c4c(C)noc4C)c(OC)cc3c2n1CC1CCN(C(C)C)CC1. The lowest BCUT2D eigenvalue weighted by Gasteiger charge is -2.35. The zero-order valence-electron chi connectivity index (χ0n) is 21.7. The van der Waals surface area contributed by atoms with Gasteiger partial charge in [0.1, 0.15) is 17.0 Å². The summed E-state index contributed by atoms with van der Waals surface area (Å²) < 4.78 is 13.7. The van der Waals surface area contributed by atoms with E-state index >= 15 is 0 Å². The number of aryl methyl sites for hydroxylation is 2. The number of hydrogen-bond acceptors (Lipinski definition) is 7. The summed E-state index contributed by atoms with van der Waals surface area (Å²) in [7, 11) is 1.71. The van der Waals surface area contributed by atoms with Crippen LogP contribution in [0.1, 0.15) is 45.1 Å². The molecule has 186 valence electrons. The second kappa shape index (κ2) is 9.49. The molecule has 1 fully saturated rings. The van der Waals surface area contributed by atoms with E-state index in [2.05, 4.69) is 52.8 Å². The van der Waals surface area contributed by atoms with Gasteiger partial charge in [-0.25, -0.2) is 4.98 Å². The number of aromatic nitrogens is 4. The van der Waals surface area contributed by atoms with Crippen molar-refractivity contribution in [2.24, 2.45) is 5.92 Å². The van der Waals surface area contributed by atoms with Gasteiger partial charge < -0.3 is 24.0 Å². The lowest BCUT2D eigenvalue weighted by molar-refractivity contribution is 0.142. The monoisotopic (exact) mass is 476 g/mol. The van der Waals surface area contributed by atoms with Gasteiger partial charge in [0, 0.05) is 30.1 Å². The van der Waals surface area contributed by atoms with Crippen LogP contribution in [-0.2, 0) is 6.54 Å². The minimum absolute atomic E-state index is 0.608. The van der Waals surface area contributed by atoms with Crippen LogP contribution in [0.4, 0.5) is 5.95 Å². The van der Waals surface area contributed by atoms with Crippen molar-refractivity contribution in [3.05, 3.63) is 29.8 Å². The van der Waals surface area contributed by atoms with Crippen molar-refractivity contribution in [1.82, 2.24) is 24.6 Å². The Balaban J connectivity index is 1.62. The summed E-state index contributed by atoms with van der Waals surface area (Å²) in [4.78, 5) is 12.3. The molecule has 0 bridgehead atoms. The van der Waals surface area contributed by atoms with E-state index in [1.807, 2.05) is 20.0 Å². The zero-order chi connectivity index (χ0) is 24.7. The van der Waals surface area contributed by atoms with Crippen LogP contribution in [0.3, 0.4) is 0 Å². The lowest BCUT2D eigenvalue weighted by atomic mass is 9.95. The normalized spacial score (nSPS) is 15.5. The number of likely N-dealkylation sites (tertiary alicyclic amines) is 1. The van der Waals surface area contributed by atoms with E-state index in [0.29, 0.717) is 12.0 Å². The van der Waals surface area contributed by atoms with Gasteiger partial charge in [0.05, 0.1) is 35.6 Å². The second-order valence-electron chi connectivity index (χ2n) is 9.91. The third-order valence-corrected chi connectivity index (χ3v) is 7.35. The third-order valence-electron chi connectivity index (χ3n) is 7.35. The molecule has 0 amide bonds. The van der Waals surface area contributed by atoms with E-state index in [4.69, 9.17) is 19.2 Å². The first-order valence-electron chi connectivity index (χ1n) is 12.7. The molecule has 5 rings (SSSR count). The number of nitrogens with zero attached hydrogens (tertiary/aromatic N) is 5. The molecule has 0 atom stereocenters. The number of benzene rings is 1. The number of imidazole rings is 1. The first-order chi connectivity index (χ1) is 16.9.